The van der Waals surface area contributed by atoms with E-state index in [0.717, 1.165) is 42.0 Å². The van der Waals surface area contributed by atoms with Crippen LogP contribution in [0, 0.1) is 6.92 Å². The average molecular weight is 557 g/mol. The summed E-state index contributed by atoms with van der Waals surface area (Å²) in [5.74, 6) is 2.29. The first-order valence-corrected chi connectivity index (χ1v) is 14.1. The highest BCUT2D eigenvalue weighted by Gasteiger charge is 2.31. The van der Waals surface area contributed by atoms with Gasteiger partial charge in [0.15, 0.2) is 5.60 Å². The molecule has 4 aromatic rings. The first-order chi connectivity index (χ1) is 19.7. The van der Waals surface area contributed by atoms with Gasteiger partial charge >= 0.3 is 5.97 Å². The predicted octanol–water partition coefficient (Wildman–Crippen LogP) is 6.98. The predicted molar refractivity (Wildman–Crippen MR) is 161 cm³/mol. The Bertz CT molecular complexity index is 1380. The van der Waals surface area contributed by atoms with Gasteiger partial charge < -0.3 is 23.5 Å². The second-order valence-electron chi connectivity index (χ2n) is 10.8. The third-order valence-corrected chi connectivity index (χ3v) is 6.66. The monoisotopic (exact) mass is 556 g/mol. The minimum Gasteiger partial charge on any atom is -0.493 e. The molecule has 7 heteroatoms. The van der Waals surface area contributed by atoms with Crippen molar-refractivity contribution in [2.75, 3.05) is 33.9 Å². The van der Waals surface area contributed by atoms with Gasteiger partial charge in [-0.25, -0.2) is 9.78 Å². The molecule has 0 aliphatic carbocycles. The van der Waals surface area contributed by atoms with Crippen LogP contribution in [0.1, 0.15) is 38.1 Å². The van der Waals surface area contributed by atoms with Crippen molar-refractivity contribution in [1.82, 2.24) is 9.88 Å². The largest absolute Gasteiger partial charge is 0.493 e. The van der Waals surface area contributed by atoms with Crippen LogP contribution in [0.4, 0.5) is 0 Å². The van der Waals surface area contributed by atoms with Crippen LogP contribution in [0.15, 0.2) is 83.3 Å². The lowest BCUT2D eigenvalue weighted by Crippen LogP contribution is -2.39. The van der Waals surface area contributed by atoms with Crippen LogP contribution in [-0.4, -0.2) is 55.3 Å². The van der Waals surface area contributed by atoms with E-state index in [9.17, 15) is 4.79 Å². The van der Waals surface area contributed by atoms with E-state index < -0.39 is 5.60 Å². The number of benzene rings is 3. The Morgan fingerprint density at radius 1 is 0.829 bits per heavy atom. The molecule has 0 aliphatic rings. The summed E-state index contributed by atoms with van der Waals surface area (Å²) < 4.78 is 23.2. The summed E-state index contributed by atoms with van der Waals surface area (Å²) in [4.78, 5) is 19.3. The zero-order chi connectivity index (χ0) is 29.2. The molecule has 41 heavy (non-hydrogen) atoms. The molecule has 0 spiro atoms. The third kappa shape index (κ3) is 8.69. The van der Waals surface area contributed by atoms with Crippen LogP contribution in [0.25, 0.3) is 22.6 Å². The summed E-state index contributed by atoms with van der Waals surface area (Å²) in [6.45, 7) is 7.16. The van der Waals surface area contributed by atoms with Crippen molar-refractivity contribution in [2.24, 2.45) is 0 Å². The van der Waals surface area contributed by atoms with Crippen molar-refractivity contribution in [1.29, 1.82) is 0 Å². The first kappa shape index (κ1) is 29.9. The number of nitrogens with zero attached hydrogens (tertiary/aromatic N) is 2. The van der Waals surface area contributed by atoms with Crippen LogP contribution < -0.4 is 9.47 Å². The van der Waals surface area contributed by atoms with E-state index in [1.165, 1.54) is 5.56 Å². The van der Waals surface area contributed by atoms with E-state index in [0.29, 0.717) is 37.0 Å². The lowest BCUT2D eigenvalue weighted by molar-refractivity contribution is -0.159. The number of unbranched alkanes of at least 4 members (excludes halogenated alkanes) is 1. The number of carbonyl (C=O) groups is 1. The molecule has 0 fully saturated rings. The lowest BCUT2D eigenvalue weighted by atomic mass is 10.0. The molecule has 0 saturated carbocycles. The minimum atomic E-state index is -1.09. The molecule has 0 unspecified atom stereocenters. The molecule has 0 atom stereocenters. The average Bonchev–Trinajstić information content (AvgIpc) is 3.34. The van der Waals surface area contributed by atoms with Gasteiger partial charge in [-0.3, -0.25) is 0 Å². The summed E-state index contributed by atoms with van der Waals surface area (Å²) in [5.41, 5.74) is 3.04. The second-order valence-corrected chi connectivity index (χ2v) is 10.8. The molecule has 216 valence electrons. The summed E-state index contributed by atoms with van der Waals surface area (Å²) in [6.07, 6.45) is 2.41. The zero-order valence-electron chi connectivity index (χ0n) is 24.7. The molecule has 0 radical (unpaired) electrons. The molecule has 7 nitrogen and oxygen atoms in total. The van der Waals surface area contributed by atoms with Gasteiger partial charge in [0.05, 0.1) is 18.9 Å². The second kappa shape index (κ2) is 14.0. The molecule has 1 heterocycles. The van der Waals surface area contributed by atoms with Gasteiger partial charge in [0.25, 0.3) is 0 Å². The lowest BCUT2D eigenvalue weighted by Gasteiger charge is -2.24. The van der Waals surface area contributed by atoms with Crippen LogP contribution >= 0.6 is 0 Å². The fraction of sp³-hybridized carbons (Fsp3) is 0.353. The molecule has 0 bridgehead atoms. The number of esters is 1. The van der Waals surface area contributed by atoms with Crippen molar-refractivity contribution in [3.8, 4) is 34.1 Å². The Kier molecular flexibility index (Phi) is 10.2. The topological polar surface area (TPSA) is 74.0 Å². The highest BCUT2D eigenvalue weighted by Crippen LogP contribution is 2.27. The van der Waals surface area contributed by atoms with Crippen LogP contribution in [0.2, 0.25) is 0 Å². The number of hydrogen-bond donors (Lipinski definition) is 0. The molecule has 0 saturated heterocycles. The highest BCUT2D eigenvalue weighted by molar-refractivity contribution is 5.79. The molecule has 0 N–H and O–H groups in total. The summed E-state index contributed by atoms with van der Waals surface area (Å²) >= 11 is 0. The number of rotatable bonds is 14. The van der Waals surface area contributed by atoms with E-state index in [1.54, 1.807) is 26.0 Å². The number of hydrogen-bond acceptors (Lipinski definition) is 7. The molecule has 4 rings (SSSR count). The Morgan fingerprint density at radius 3 is 2.15 bits per heavy atom. The van der Waals surface area contributed by atoms with Crippen molar-refractivity contribution < 1.29 is 23.4 Å². The van der Waals surface area contributed by atoms with Gasteiger partial charge in [-0.05, 0) is 102 Å². The van der Waals surface area contributed by atoms with E-state index in [-0.39, 0.29) is 5.97 Å². The summed E-state index contributed by atoms with van der Waals surface area (Å²) in [5, 5.41) is 0. The van der Waals surface area contributed by atoms with Gasteiger partial charge in [-0.15, -0.1) is 0 Å². The fourth-order valence-corrected chi connectivity index (χ4v) is 4.29. The molecular formula is C34H40N2O5. The van der Waals surface area contributed by atoms with E-state index >= 15 is 0 Å². The number of carbonyl (C=O) groups excluding carboxylic acids is 1. The molecule has 3 aromatic carbocycles. The first-order valence-electron chi connectivity index (χ1n) is 14.1. The Balaban J connectivity index is 1.24. The van der Waals surface area contributed by atoms with E-state index in [1.807, 2.05) is 63.5 Å². The summed E-state index contributed by atoms with van der Waals surface area (Å²) in [6, 6.07) is 25.7. The number of oxazole rings is 1. The van der Waals surface area contributed by atoms with Gasteiger partial charge in [0.1, 0.15) is 17.3 Å². The van der Waals surface area contributed by atoms with E-state index in [4.69, 9.17) is 23.6 Å². The van der Waals surface area contributed by atoms with Crippen LogP contribution in [0.5, 0.6) is 11.5 Å². The maximum Gasteiger partial charge on any atom is 0.349 e. The SMILES string of the molecule is Cc1oc(-c2ccc(-c3ccccc3)cc2)nc1CCOc1ccc(OC(C)(C)C(=O)OCCCCN(C)C)cc1. The normalized spacial score (nSPS) is 11.5. The smallest absolute Gasteiger partial charge is 0.349 e. The number of ether oxygens (including phenoxy) is 3. The van der Waals surface area contributed by atoms with E-state index in [2.05, 4.69) is 29.2 Å². The molecule has 0 aliphatic heterocycles. The Hall–Kier alpha value is -4.10. The van der Waals surface area contributed by atoms with Crippen molar-refractivity contribution in [3.05, 3.63) is 90.3 Å². The zero-order valence-corrected chi connectivity index (χ0v) is 24.7. The van der Waals surface area contributed by atoms with Gasteiger partial charge in [0.2, 0.25) is 5.89 Å². The standard InChI is InChI=1S/C34H40N2O5/c1-25-31(35-32(40-25)28-15-13-27(14-16-28)26-11-7-6-8-12-26)21-24-38-29-17-19-30(20-18-29)41-34(2,3)33(37)39-23-10-9-22-36(4)5/h6-8,11-20H,9-10,21-24H2,1-5H3. The van der Waals surface area contributed by atoms with Gasteiger partial charge in [0, 0.05) is 12.0 Å². The maximum absolute atomic E-state index is 12.5. The number of aryl methyl sites for hydroxylation is 1. The third-order valence-electron chi connectivity index (χ3n) is 6.66. The van der Waals surface area contributed by atoms with Gasteiger partial charge in [-0.2, -0.15) is 0 Å². The quantitative estimate of drug-likeness (QED) is 0.123. The minimum absolute atomic E-state index is 0.378. The van der Waals surface area contributed by atoms with Crippen LogP contribution in [-0.2, 0) is 16.0 Å². The highest BCUT2D eigenvalue weighted by atomic mass is 16.6. The molecule has 0 amide bonds. The summed E-state index contributed by atoms with van der Waals surface area (Å²) in [7, 11) is 4.05. The van der Waals surface area contributed by atoms with Crippen molar-refractivity contribution in [2.45, 2.75) is 45.6 Å². The Labute approximate surface area is 243 Å². The van der Waals surface area contributed by atoms with Crippen molar-refractivity contribution in [3.63, 3.8) is 0 Å². The molecular weight excluding hydrogens is 516 g/mol. The van der Waals surface area contributed by atoms with Crippen LogP contribution in [0.3, 0.4) is 0 Å². The molecule has 1 aromatic heterocycles. The maximum atomic E-state index is 12.5. The van der Waals surface area contributed by atoms with Crippen molar-refractivity contribution >= 4 is 5.97 Å². The van der Waals surface area contributed by atoms with Gasteiger partial charge in [-0.1, -0.05) is 42.5 Å². The fourth-order valence-electron chi connectivity index (χ4n) is 4.29. The Morgan fingerprint density at radius 2 is 1.46 bits per heavy atom. The number of aromatic nitrogens is 1.